The van der Waals surface area contributed by atoms with Crippen molar-refractivity contribution in [3.8, 4) is 0 Å². The Morgan fingerprint density at radius 2 is 2.10 bits per heavy atom. The van der Waals surface area contributed by atoms with Gasteiger partial charge in [-0.05, 0) is 51.6 Å². The predicted molar refractivity (Wildman–Crippen MR) is 81.6 cm³/mol. The number of furan rings is 1. The Kier molecular flexibility index (Phi) is 4.47. The summed E-state index contributed by atoms with van der Waals surface area (Å²) in [6.07, 6.45) is 8.03. The summed E-state index contributed by atoms with van der Waals surface area (Å²) in [7, 11) is 0. The predicted octanol–water partition coefficient (Wildman–Crippen LogP) is 3.60. The zero-order valence-electron chi connectivity index (χ0n) is 13.0. The normalized spacial score (nSPS) is 18.9. The highest BCUT2D eigenvalue weighted by Crippen LogP contribution is 2.30. The highest BCUT2D eigenvalue weighted by atomic mass is 16.3. The van der Waals surface area contributed by atoms with E-state index in [4.69, 9.17) is 4.42 Å². The molecule has 2 fully saturated rings. The second kappa shape index (κ2) is 6.31. The van der Waals surface area contributed by atoms with Crippen molar-refractivity contribution in [2.45, 2.75) is 77.5 Å². The lowest BCUT2D eigenvalue weighted by atomic mass is 10.2. The minimum atomic E-state index is 0.747. The van der Waals surface area contributed by atoms with Gasteiger partial charge in [0.1, 0.15) is 11.5 Å². The number of nitrogens with one attached hydrogen (secondary N) is 1. The molecule has 0 radical (unpaired) electrons. The van der Waals surface area contributed by atoms with Gasteiger partial charge in [0, 0.05) is 24.2 Å². The third kappa shape index (κ3) is 3.86. The molecule has 2 aliphatic carbocycles. The van der Waals surface area contributed by atoms with Crippen LogP contribution in [0.3, 0.4) is 0 Å². The molecule has 20 heavy (non-hydrogen) atoms. The van der Waals surface area contributed by atoms with Gasteiger partial charge in [0.15, 0.2) is 0 Å². The van der Waals surface area contributed by atoms with Gasteiger partial charge < -0.3 is 9.73 Å². The van der Waals surface area contributed by atoms with Gasteiger partial charge in [0.05, 0.1) is 6.54 Å². The van der Waals surface area contributed by atoms with E-state index < -0.39 is 0 Å². The van der Waals surface area contributed by atoms with E-state index in [1.807, 2.05) is 0 Å². The van der Waals surface area contributed by atoms with Crippen LogP contribution in [0.4, 0.5) is 0 Å². The Bertz CT molecular complexity index is 432. The summed E-state index contributed by atoms with van der Waals surface area (Å²) in [5, 5.41) is 3.53. The standard InChI is InChI=1S/C17H28N2O/c1-3-4-9-19(16-7-8-16)12-14-10-17(20-13(14)2)11-18-15-5-6-15/h10,15-16,18H,3-9,11-12H2,1-2H3. The Labute approximate surface area is 122 Å². The fourth-order valence-electron chi connectivity index (χ4n) is 2.77. The Morgan fingerprint density at radius 1 is 1.30 bits per heavy atom. The molecule has 3 rings (SSSR count). The van der Waals surface area contributed by atoms with Crippen molar-refractivity contribution >= 4 is 0 Å². The van der Waals surface area contributed by atoms with Gasteiger partial charge in [0.2, 0.25) is 0 Å². The smallest absolute Gasteiger partial charge is 0.118 e. The number of rotatable bonds is 9. The zero-order valence-corrected chi connectivity index (χ0v) is 13.0. The number of aryl methyl sites for hydroxylation is 1. The summed E-state index contributed by atoms with van der Waals surface area (Å²) in [5.74, 6) is 2.22. The minimum Gasteiger partial charge on any atom is -0.465 e. The summed E-state index contributed by atoms with van der Waals surface area (Å²) in [4.78, 5) is 2.65. The molecule has 3 nitrogen and oxygen atoms in total. The third-order valence-corrected chi connectivity index (χ3v) is 4.45. The van der Waals surface area contributed by atoms with Gasteiger partial charge in [-0.2, -0.15) is 0 Å². The second-order valence-corrected chi connectivity index (χ2v) is 6.50. The number of nitrogens with zero attached hydrogens (tertiary/aromatic N) is 1. The van der Waals surface area contributed by atoms with Crippen LogP contribution in [0.25, 0.3) is 0 Å². The molecule has 0 atom stereocenters. The van der Waals surface area contributed by atoms with Crippen LogP contribution in [0.2, 0.25) is 0 Å². The summed E-state index contributed by atoms with van der Waals surface area (Å²) >= 11 is 0. The van der Waals surface area contributed by atoms with E-state index in [-0.39, 0.29) is 0 Å². The minimum absolute atomic E-state index is 0.747. The lowest BCUT2D eigenvalue weighted by molar-refractivity contribution is 0.249. The second-order valence-electron chi connectivity index (χ2n) is 6.50. The van der Waals surface area contributed by atoms with E-state index in [0.717, 1.165) is 36.7 Å². The fraction of sp³-hybridized carbons (Fsp3) is 0.765. The van der Waals surface area contributed by atoms with Gasteiger partial charge in [-0.25, -0.2) is 0 Å². The molecule has 0 aromatic carbocycles. The van der Waals surface area contributed by atoms with Crippen LogP contribution >= 0.6 is 0 Å². The molecule has 2 aliphatic rings. The largest absolute Gasteiger partial charge is 0.465 e. The number of hydrogen-bond acceptors (Lipinski definition) is 3. The Balaban J connectivity index is 1.56. The number of hydrogen-bond donors (Lipinski definition) is 1. The van der Waals surface area contributed by atoms with E-state index in [2.05, 4.69) is 30.1 Å². The van der Waals surface area contributed by atoms with Gasteiger partial charge in [-0.1, -0.05) is 13.3 Å². The van der Waals surface area contributed by atoms with Crippen molar-refractivity contribution < 1.29 is 4.42 Å². The van der Waals surface area contributed by atoms with Gasteiger partial charge in [-0.3, -0.25) is 4.90 Å². The van der Waals surface area contributed by atoms with Crippen LogP contribution in [0.1, 0.15) is 62.5 Å². The maximum Gasteiger partial charge on any atom is 0.118 e. The summed E-state index contributed by atoms with van der Waals surface area (Å²) < 4.78 is 5.91. The molecule has 2 saturated carbocycles. The molecule has 0 amide bonds. The fourth-order valence-corrected chi connectivity index (χ4v) is 2.77. The lowest BCUT2D eigenvalue weighted by Gasteiger charge is -2.21. The molecule has 0 bridgehead atoms. The van der Waals surface area contributed by atoms with E-state index >= 15 is 0 Å². The van der Waals surface area contributed by atoms with Crippen molar-refractivity contribution in [3.63, 3.8) is 0 Å². The molecule has 0 unspecified atom stereocenters. The maximum atomic E-state index is 5.91. The van der Waals surface area contributed by atoms with Crippen LogP contribution in [0, 0.1) is 6.92 Å². The molecule has 1 aromatic heterocycles. The topological polar surface area (TPSA) is 28.4 Å². The molecular weight excluding hydrogens is 248 g/mol. The van der Waals surface area contributed by atoms with E-state index in [1.54, 1.807) is 0 Å². The van der Waals surface area contributed by atoms with Gasteiger partial charge in [-0.15, -0.1) is 0 Å². The Hall–Kier alpha value is -0.800. The highest BCUT2D eigenvalue weighted by molar-refractivity contribution is 5.21. The van der Waals surface area contributed by atoms with Crippen LogP contribution in [-0.2, 0) is 13.1 Å². The monoisotopic (exact) mass is 276 g/mol. The molecule has 0 aliphatic heterocycles. The molecule has 0 saturated heterocycles. The lowest BCUT2D eigenvalue weighted by Crippen LogP contribution is -2.26. The quantitative estimate of drug-likeness (QED) is 0.747. The van der Waals surface area contributed by atoms with E-state index in [0.29, 0.717) is 0 Å². The Morgan fingerprint density at radius 3 is 2.75 bits per heavy atom. The SMILES string of the molecule is CCCCN(Cc1cc(CNC2CC2)oc1C)C1CC1. The first-order chi connectivity index (χ1) is 9.76. The summed E-state index contributed by atoms with van der Waals surface area (Å²) in [5.41, 5.74) is 1.39. The maximum absolute atomic E-state index is 5.91. The molecule has 3 heteroatoms. The van der Waals surface area contributed by atoms with Gasteiger partial charge in [0.25, 0.3) is 0 Å². The molecule has 1 aromatic rings. The van der Waals surface area contributed by atoms with Crippen LogP contribution < -0.4 is 5.32 Å². The first kappa shape index (κ1) is 14.2. The van der Waals surface area contributed by atoms with Crippen molar-refractivity contribution in [1.29, 1.82) is 0 Å². The van der Waals surface area contributed by atoms with Crippen molar-refractivity contribution in [1.82, 2.24) is 10.2 Å². The first-order valence-electron chi connectivity index (χ1n) is 8.32. The van der Waals surface area contributed by atoms with E-state index in [1.165, 1.54) is 50.6 Å². The summed E-state index contributed by atoms with van der Waals surface area (Å²) in [6.45, 7) is 7.59. The first-order valence-corrected chi connectivity index (χ1v) is 8.32. The van der Waals surface area contributed by atoms with Crippen molar-refractivity contribution in [2.24, 2.45) is 0 Å². The zero-order chi connectivity index (χ0) is 13.9. The van der Waals surface area contributed by atoms with Crippen LogP contribution in [-0.4, -0.2) is 23.5 Å². The summed E-state index contributed by atoms with van der Waals surface area (Å²) in [6, 6.07) is 3.85. The average molecular weight is 276 g/mol. The third-order valence-electron chi connectivity index (χ3n) is 4.45. The molecular formula is C17H28N2O. The van der Waals surface area contributed by atoms with Crippen LogP contribution in [0.15, 0.2) is 10.5 Å². The molecule has 1 heterocycles. The average Bonchev–Trinajstić information content (AvgIpc) is 3.33. The number of unbranched alkanes of at least 4 members (excludes halogenated alkanes) is 1. The highest BCUT2D eigenvalue weighted by Gasteiger charge is 2.29. The van der Waals surface area contributed by atoms with Crippen molar-refractivity contribution in [3.05, 3.63) is 23.2 Å². The van der Waals surface area contributed by atoms with Crippen molar-refractivity contribution in [2.75, 3.05) is 6.54 Å². The molecule has 1 N–H and O–H groups in total. The van der Waals surface area contributed by atoms with Crippen LogP contribution in [0.5, 0.6) is 0 Å². The van der Waals surface area contributed by atoms with Gasteiger partial charge >= 0.3 is 0 Å². The molecule has 112 valence electrons. The van der Waals surface area contributed by atoms with E-state index in [9.17, 15) is 0 Å². The molecule has 0 spiro atoms.